The monoisotopic (exact) mass is 336 g/mol. The van der Waals surface area contributed by atoms with Gasteiger partial charge in [0.25, 0.3) is 0 Å². The van der Waals surface area contributed by atoms with E-state index >= 15 is 0 Å². The van der Waals surface area contributed by atoms with Crippen LogP contribution in [-0.2, 0) is 11.3 Å². The fourth-order valence-corrected chi connectivity index (χ4v) is 2.98. The van der Waals surface area contributed by atoms with Crippen molar-refractivity contribution in [3.8, 4) is 0 Å². The van der Waals surface area contributed by atoms with E-state index in [0.717, 1.165) is 0 Å². The Hall–Kier alpha value is -2.12. The van der Waals surface area contributed by atoms with Crippen LogP contribution < -0.4 is 0 Å². The second-order valence-corrected chi connectivity index (χ2v) is 6.01. The third-order valence-electron chi connectivity index (χ3n) is 4.07. The third kappa shape index (κ3) is 3.16. The van der Waals surface area contributed by atoms with Gasteiger partial charge in [0.05, 0.1) is 10.7 Å². The van der Waals surface area contributed by atoms with Gasteiger partial charge in [-0.1, -0.05) is 11.6 Å². The van der Waals surface area contributed by atoms with E-state index in [1.165, 1.54) is 0 Å². The van der Waals surface area contributed by atoms with Crippen molar-refractivity contribution in [3.63, 3.8) is 0 Å². The Morgan fingerprint density at radius 3 is 2.57 bits per heavy atom. The molecule has 2 aromatic rings. The van der Waals surface area contributed by atoms with Crippen molar-refractivity contribution in [1.82, 2.24) is 19.2 Å². The predicted octanol–water partition coefficient (Wildman–Crippen LogP) is 1.35. The smallest absolute Gasteiger partial charge is 0.356 e. The summed E-state index contributed by atoms with van der Waals surface area (Å²) >= 11 is 6.02. The zero-order valence-corrected chi connectivity index (χ0v) is 13.5. The van der Waals surface area contributed by atoms with Crippen LogP contribution in [0.25, 0.3) is 5.65 Å². The number of aromatic nitrogens is 2. The summed E-state index contributed by atoms with van der Waals surface area (Å²) < 4.78 is 1.73. The first-order valence-corrected chi connectivity index (χ1v) is 7.71. The highest BCUT2D eigenvalue weighted by Crippen LogP contribution is 2.19. The normalized spacial score (nSPS) is 16.0. The predicted molar refractivity (Wildman–Crippen MR) is 84.7 cm³/mol. The topological polar surface area (TPSA) is 78.2 Å². The number of piperazine rings is 1. The minimum Gasteiger partial charge on any atom is -0.476 e. The minimum absolute atomic E-state index is 0.0428. The molecular formula is C15H17ClN4O3. The summed E-state index contributed by atoms with van der Waals surface area (Å²) in [5, 5.41) is 9.92. The van der Waals surface area contributed by atoms with Crippen molar-refractivity contribution in [3.05, 3.63) is 34.7 Å². The number of hydrogen-bond acceptors (Lipinski definition) is 4. The number of hydrogen-bond donors (Lipinski definition) is 1. The van der Waals surface area contributed by atoms with Gasteiger partial charge in [-0.3, -0.25) is 9.69 Å². The van der Waals surface area contributed by atoms with Crippen LogP contribution in [-0.4, -0.2) is 62.3 Å². The van der Waals surface area contributed by atoms with Gasteiger partial charge in [0.2, 0.25) is 5.91 Å². The van der Waals surface area contributed by atoms with Crippen LogP contribution in [0.1, 0.15) is 23.1 Å². The summed E-state index contributed by atoms with van der Waals surface area (Å²) in [5.74, 6) is -0.986. The lowest BCUT2D eigenvalue weighted by Crippen LogP contribution is -2.47. The maximum absolute atomic E-state index is 11.5. The molecule has 0 unspecified atom stereocenters. The summed E-state index contributed by atoms with van der Waals surface area (Å²) in [4.78, 5) is 30.9. The lowest BCUT2D eigenvalue weighted by atomic mass is 10.2. The molecule has 8 heteroatoms. The van der Waals surface area contributed by atoms with E-state index in [-0.39, 0.29) is 11.6 Å². The molecular weight excluding hydrogens is 320 g/mol. The summed E-state index contributed by atoms with van der Waals surface area (Å²) in [6.07, 6.45) is 1.68. The average Bonchev–Trinajstić information content (AvgIpc) is 2.86. The molecule has 0 spiro atoms. The van der Waals surface area contributed by atoms with Gasteiger partial charge in [-0.2, -0.15) is 0 Å². The SMILES string of the molecule is CC(=O)N1CCN(Cc2c(C(=O)O)nc3ccc(Cl)cn23)CC1. The van der Waals surface area contributed by atoms with E-state index in [9.17, 15) is 14.7 Å². The molecule has 3 heterocycles. The fraction of sp³-hybridized carbons (Fsp3) is 0.400. The number of halogens is 1. The lowest BCUT2D eigenvalue weighted by Gasteiger charge is -2.34. The van der Waals surface area contributed by atoms with Crippen LogP contribution >= 0.6 is 11.6 Å². The molecule has 122 valence electrons. The zero-order chi connectivity index (χ0) is 16.6. The maximum atomic E-state index is 11.5. The number of rotatable bonds is 3. The van der Waals surface area contributed by atoms with Gasteiger partial charge < -0.3 is 14.4 Å². The second kappa shape index (κ2) is 6.17. The number of carbonyl (C=O) groups is 2. The van der Waals surface area contributed by atoms with E-state index in [1.807, 2.05) is 0 Å². The van der Waals surface area contributed by atoms with Gasteiger partial charge >= 0.3 is 5.97 Å². The first kappa shape index (κ1) is 15.8. The van der Waals surface area contributed by atoms with Crippen molar-refractivity contribution < 1.29 is 14.7 Å². The minimum atomic E-state index is -1.05. The van der Waals surface area contributed by atoms with Gasteiger partial charge in [0.1, 0.15) is 5.65 Å². The molecule has 1 saturated heterocycles. The van der Waals surface area contributed by atoms with Crippen LogP contribution in [0.15, 0.2) is 18.3 Å². The number of amides is 1. The maximum Gasteiger partial charge on any atom is 0.356 e. The Kier molecular flexibility index (Phi) is 4.23. The average molecular weight is 337 g/mol. The Bertz CT molecular complexity index is 765. The Morgan fingerprint density at radius 1 is 1.26 bits per heavy atom. The number of nitrogens with zero attached hydrogens (tertiary/aromatic N) is 4. The second-order valence-electron chi connectivity index (χ2n) is 5.57. The lowest BCUT2D eigenvalue weighted by molar-refractivity contribution is -0.130. The molecule has 0 aliphatic carbocycles. The molecule has 1 fully saturated rings. The Labute approximate surface area is 138 Å². The number of aromatic carboxylic acids is 1. The van der Waals surface area contributed by atoms with Crippen molar-refractivity contribution in [2.75, 3.05) is 26.2 Å². The molecule has 0 radical (unpaired) electrons. The number of carboxylic acid groups (broad SMARTS) is 1. The van der Waals surface area contributed by atoms with E-state index in [1.54, 1.807) is 34.6 Å². The molecule has 0 atom stereocenters. The summed E-state index contributed by atoms with van der Waals surface area (Å²) in [6.45, 7) is 4.71. The van der Waals surface area contributed by atoms with Crippen LogP contribution in [0.2, 0.25) is 5.02 Å². The van der Waals surface area contributed by atoms with Crippen LogP contribution in [0, 0.1) is 0 Å². The summed E-state index contributed by atoms with van der Waals surface area (Å²) in [5.41, 5.74) is 1.21. The molecule has 1 N–H and O–H groups in total. The Balaban J connectivity index is 1.87. The van der Waals surface area contributed by atoms with Gasteiger partial charge in [0.15, 0.2) is 5.69 Å². The standard InChI is InChI=1S/C15H17ClN4O3/c1-10(21)19-6-4-18(5-7-19)9-12-14(15(22)23)17-13-3-2-11(16)8-20(12)13/h2-3,8H,4-7,9H2,1H3,(H,22,23). The van der Waals surface area contributed by atoms with Crippen molar-refractivity contribution in [2.24, 2.45) is 0 Å². The van der Waals surface area contributed by atoms with E-state index < -0.39 is 5.97 Å². The molecule has 1 aliphatic rings. The van der Waals surface area contributed by atoms with Crippen molar-refractivity contribution in [2.45, 2.75) is 13.5 Å². The van der Waals surface area contributed by atoms with E-state index in [4.69, 9.17) is 11.6 Å². The molecule has 0 aromatic carbocycles. The Morgan fingerprint density at radius 2 is 1.96 bits per heavy atom. The molecule has 0 saturated carbocycles. The molecule has 1 aliphatic heterocycles. The first-order chi connectivity index (χ1) is 11.0. The molecule has 1 amide bonds. The summed E-state index contributed by atoms with van der Waals surface area (Å²) in [7, 11) is 0. The third-order valence-corrected chi connectivity index (χ3v) is 4.30. The van der Waals surface area contributed by atoms with Crippen molar-refractivity contribution in [1.29, 1.82) is 0 Å². The molecule has 0 bridgehead atoms. The first-order valence-electron chi connectivity index (χ1n) is 7.33. The largest absolute Gasteiger partial charge is 0.476 e. The number of carboxylic acids is 1. The van der Waals surface area contributed by atoms with Gasteiger partial charge in [-0.25, -0.2) is 9.78 Å². The van der Waals surface area contributed by atoms with Crippen LogP contribution in [0.4, 0.5) is 0 Å². The summed E-state index contributed by atoms with van der Waals surface area (Å²) in [6, 6.07) is 3.39. The highest BCUT2D eigenvalue weighted by Gasteiger charge is 2.24. The van der Waals surface area contributed by atoms with E-state index in [2.05, 4.69) is 9.88 Å². The number of carbonyl (C=O) groups excluding carboxylic acids is 1. The zero-order valence-electron chi connectivity index (χ0n) is 12.7. The van der Waals surface area contributed by atoms with Gasteiger partial charge in [-0.05, 0) is 12.1 Å². The van der Waals surface area contributed by atoms with Crippen molar-refractivity contribution >= 4 is 29.1 Å². The molecule has 3 rings (SSSR count). The highest BCUT2D eigenvalue weighted by atomic mass is 35.5. The molecule has 2 aromatic heterocycles. The quantitative estimate of drug-likeness (QED) is 0.915. The number of fused-ring (bicyclic) bond motifs is 1. The van der Waals surface area contributed by atoms with E-state index in [0.29, 0.717) is 49.1 Å². The van der Waals surface area contributed by atoms with Crippen LogP contribution in [0.3, 0.4) is 0 Å². The van der Waals surface area contributed by atoms with Gasteiger partial charge in [-0.15, -0.1) is 0 Å². The number of imidazole rings is 1. The van der Waals surface area contributed by atoms with Gasteiger partial charge in [0, 0.05) is 45.8 Å². The molecule has 7 nitrogen and oxygen atoms in total. The molecule has 23 heavy (non-hydrogen) atoms. The highest BCUT2D eigenvalue weighted by molar-refractivity contribution is 6.30. The fourth-order valence-electron chi connectivity index (χ4n) is 2.82. The van der Waals surface area contributed by atoms with Crippen LogP contribution in [0.5, 0.6) is 0 Å². The number of pyridine rings is 1.